The minimum absolute atomic E-state index is 0.0336. The molecule has 3 rings (SSSR count). The average Bonchev–Trinajstić information content (AvgIpc) is 2.90. The van der Waals surface area contributed by atoms with Crippen LogP contribution in [0, 0.1) is 0 Å². The van der Waals surface area contributed by atoms with E-state index in [1.807, 2.05) is 0 Å². The Labute approximate surface area is 237 Å². The second-order valence-electron chi connectivity index (χ2n) is 8.74. The van der Waals surface area contributed by atoms with Crippen molar-refractivity contribution in [3.05, 3.63) is 65.5 Å². The summed E-state index contributed by atoms with van der Waals surface area (Å²) in [5.41, 5.74) is 0.488. The molecule has 1 aromatic carbocycles. The third-order valence-corrected chi connectivity index (χ3v) is 9.27. The zero-order valence-electron chi connectivity index (χ0n) is 22.3. The zero-order valence-corrected chi connectivity index (χ0v) is 25.0. The number of hydrogen-bond donors (Lipinski definition) is 1. The van der Waals surface area contributed by atoms with Crippen molar-refractivity contribution in [3.63, 3.8) is 0 Å². The number of aromatic nitrogens is 3. The van der Waals surface area contributed by atoms with Crippen LogP contribution in [0.4, 0.5) is 30.6 Å². The van der Waals surface area contributed by atoms with E-state index >= 15 is 0 Å². The zero-order chi connectivity index (χ0) is 29.5. The normalized spacial score (nSPS) is 12.1. The third kappa shape index (κ3) is 8.39. The molecule has 0 saturated carbocycles. The number of carbonyl (C=O) groups is 1. The number of halogens is 3. The van der Waals surface area contributed by atoms with Crippen LogP contribution in [-0.2, 0) is 26.1 Å². The Kier molecular flexibility index (Phi) is 10.5. The maximum absolute atomic E-state index is 13.8. The van der Waals surface area contributed by atoms with Gasteiger partial charge in [-0.25, -0.2) is 0 Å². The predicted molar refractivity (Wildman–Crippen MR) is 147 cm³/mol. The summed E-state index contributed by atoms with van der Waals surface area (Å²) in [6.07, 6.45) is -0.789. The second-order valence-corrected chi connectivity index (χ2v) is 13.0. The van der Waals surface area contributed by atoms with Crippen molar-refractivity contribution in [3.8, 4) is 0 Å². The molecule has 0 atom stereocenters. The molecular weight excluding hydrogens is 612 g/mol. The molecule has 40 heavy (non-hydrogen) atoms. The Bertz CT molecular complexity index is 1420. The fraction of sp³-hybridized carbons (Fsp3) is 0.360. The number of rotatable bonds is 12. The van der Waals surface area contributed by atoms with Gasteiger partial charge in [0, 0.05) is 13.7 Å². The number of hydrogen-bond acceptors (Lipinski definition) is 8. The quantitative estimate of drug-likeness (QED) is 0.237. The van der Waals surface area contributed by atoms with Crippen LogP contribution in [0.15, 0.2) is 48.8 Å². The molecule has 215 valence electrons. The van der Waals surface area contributed by atoms with E-state index in [1.54, 1.807) is 55.5 Å². The van der Waals surface area contributed by atoms with Crippen molar-refractivity contribution in [2.24, 2.45) is 0 Å². The van der Waals surface area contributed by atoms with Gasteiger partial charge in [0.25, 0.3) is 0 Å². The molecule has 2 aromatic heterocycles. The summed E-state index contributed by atoms with van der Waals surface area (Å²) in [6.45, 7) is 1.07. The molecule has 0 bridgehead atoms. The summed E-state index contributed by atoms with van der Waals surface area (Å²) in [6, 6.07) is 9.68. The van der Waals surface area contributed by atoms with Crippen LogP contribution in [0.2, 0.25) is 0 Å². The van der Waals surface area contributed by atoms with E-state index in [0.717, 1.165) is 16.8 Å². The summed E-state index contributed by atoms with van der Waals surface area (Å²) < 4.78 is 71.1. The van der Waals surface area contributed by atoms with Crippen molar-refractivity contribution in [1.82, 2.24) is 19.9 Å². The van der Waals surface area contributed by atoms with E-state index in [1.165, 1.54) is 13.2 Å². The number of alkyl halides is 3. The molecule has 15 heteroatoms. The number of benzene rings is 1. The van der Waals surface area contributed by atoms with E-state index in [9.17, 15) is 26.4 Å². The monoisotopic (exact) mass is 641 g/mol. The van der Waals surface area contributed by atoms with Crippen LogP contribution < -0.4 is 14.1 Å². The topological polar surface area (TPSA) is 118 Å². The first-order valence-electron chi connectivity index (χ1n) is 11.9. The van der Waals surface area contributed by atoms with Gasteiger partial charge < -0.3 is 4.74 Å². The first-order valence-corrected chi connectivity index (χ1v) is 16.0. The Morgan fingerprint density at radius 2 is 1.82 bits per heavy atom. The molecule has 0 saturated heterocycles. The maximum atomic E-state index is 13.8. The second kappa shape index (κ2) is 13.4. The van der Waals surface area contributed by atoms with Crippen molar-refractivity contribution in [2.45, 2.75) is 17.8 Å². The SMILES string of the molecule is COCCCN(C)C(=O)c1ccc(Nc2ncc(C(F)(F)F)c([As]Cc3cccnc3N(C)S(C)(=O)=O)n2)cc1. The molecular formula is C25H29AsF3N6O4S. The molecule has 0 aliphatic carbocycles. The number of pyridine rings is 1. The molecule has 0 aliphatic heterocycles. The first-order chi connectivity index (χ1) is 18.8. The van der Waals surface area contributed by atoms with Gasteiger partial charge in [0.2, 0.25) is 0 Å². The molecule has 0 fully saturated rings. The van der Waals surface area contributed by atoms with E-state index in [2.05, 4.69) is 20.3 Å². The Morgan fingerprint density at radius 3 is 2.45 bits per heavy atom. The Morgan fingerprint density at radius 1 is 1.12 bits per heavy atom. The number of anilines is 3. The van der Waals surface area contributed by atoms with Crippen molar-refractivity contribution in [1.29, 1.82) is 0 Å². The fourth-order valence-corrected chi connectivity index (χ4v) is 6.26. The van der Waals surface area contributed by atoms with Crippen LogP contribution in [0.3, 0.4) is 0 Å². The fourth-order valence-electron chi connectivity index (χ4n) is 3.50. The van der Waals surface area contributed by atoms with Crippen molar-refractivity contribution in [2.75, 3.05) is 50.2 Å². The van der Waals surface area contributed by atoms with E-state index < -0.39 is 37.5 Å². The number of nitrogens with one attached hydrogen (secondary N) is 1. The third-order valence-electron chi connectivity index (χ3n) is 5.71. The molecule has 10 nitrogen and oxygen atoms in total. The summed E-state index contributed by atoms with van der Waals surface area (Å²) in [4.78, 5) is 26.3. The Hall–Kier alpha value is -3.22. The molecule has 0 aliphatic rings. The van der Waals surface area contributed by atoms with Crippen molar-refractivity contribution >= 4 is 53.6 Å². The summed E-state index contributed by atoms with van der Waals surface area (Å²) in [5, 5.41) is 3.04. The number of amides is 1. The predicted octanol–water partition coefficient (Wildman–Crippen LogP) is 2.67. The van der Waals surface area contributed by atoms with Gasteiger partial charge in [-0.1, -0.05) is 0 Å². The molecule has 0 spiro atoms. The number of carbonyl (C=O) groups excluding carboxylic acids is 1. The van der Waals surface area contributed by atoms with Crippen LogP contribution in [0.25, 0.3) is 0 Å². The van der Waals surface area contributed by atoms with Crippen LogP contribution in [0.5, 0.6) is 0 Å². The first kappa shape index (κ1) is 31.3. The van der Waals surface area contributed by atoms with E-state index in [4.69, 9.17) is 4.74 Å². The Balaban J connectivity index is 1.79. The van der Waals surface area contributed by atoms with Gasteiger partial charge in [-0.05, 0) is 0 Å². The molecule has 3 aromatic rings. The molecule has 1 radical (unpaired) electrons. The number of nitrogens with zero attached hydrogens (tertiary/aromatic N) is 5. The van der Waals surface area contributed by atoms with Gasteiger partial charge in [0.15, 0.2) is 0 Å². The molecule has 2 heterocycles. The van der Waals surface area contributed by atoms with Gasteiger partial charge in [0.05, 0.1) is 0 Å². The van der Waals surface area contributed by atoms with E-state index in [-0.39, 0.29) is 27.4 Å². The average molecular weight is 642 g/mol. The summed E-state index contributed by atoms with van der Waals surface area (Å²) in [7, 11) is 1.01. The molecule has 1 N–H and O–H groups in total. The van der Waals surface area contributed by atoms with Crippen LogP contribution >= 0.6 is 0 Å². The number of sulfonamides is 1. The molecule has 1 amide bonds. The van der Waals surface area contributed by atoms with E-state index in [0.29, 0.717) is 36.4 Å². The van der Waals surface area contributed by atoms with Gasteiger partial charge >= 0.3 is 220 Å². The number of methoxy groups -OCH3 is 1. The van der Waals surface area contributed by atoms with Crippen LogP contribution in [0.1, 0.15) is 27.9 Å². The minimum atomic E-state index is -4.66. The van der Waals surface area contributed by atoms with Gasteiger partial charge in [-0.3, -0.25) is 0 Å². The standard InChI is InChI=1S/C25H29AsF3N6O4S/c1-34(13-6-14-39-3)23(36)17-8-10-19(11-9-17)32-24-31-16-20(25(27,28)29)21(33-24)26-15-18-7-5-12-30-22(18)35(2)40(4,37)38/h5,7-12,16H,6,13-15H2,1-4H3,(H,31,32,33). The van der Waals surface area contributed by atoms with Gasteiger partial charge in [-0.15, -0.1) is 0 Å². The summed E-state index contributed by atoms with van der Waals surface area (Å²) in [5.74, 6) is -0.0509. The van der Waals surface area contributed by atoms with Crippen molar-refractivity contribution < 1.29 is 31.1 Å². The number of ether oxygens (including phenoxy) is 1. The van der Waals surface area contributed by atoms with Gasteiger partial charge in [-0.2, -0.15) is 0 Å². The summed E-state index contributed by atoms with van der Waals surface area (Å²) >= 11 is -1.19. The molecule has 0 unspecified atom stereocenters. The van der Waals surface area contributed by atoms with Crippen LogP contribution in [-0.4, -0.2) is 90.5 Å². The van der Waals surface area contributed by atoms with Gasteiger partial charge in [0.1, 0.15) is 0 Å².